The molecule has 0 bridgehead atoms. The number of carbonyl (C=O) groups excluding carboxylic acids is 1. The van der Waals surface area contributed by atoms with Crippen LogP contribution in [0.3, 0.4) is 0 Å². The van der Waals surface area contributed by atoms with E-state index in [1.165, 1.54) is 28.6 Å². The number of fused-ring (bicyclic) bond motifs is 3. The molecule has 4 rings (SSSR count). The highest BCUT2D eigenvalue weighted by Gasteiger charge is 2.27. The van der Waals surface area contributed by atoms with E-state index in [2.05, 4.69) is 5.32 Å². The number of thioether (sulfide) groups is 1. The summed E-state index contributed by atoms with van der Waals surface area (Å²) in [5, 5.41) is 4.50. The van der Waals surface area contributed by atoms with E-state index < -0.39 is 0 Å². The van der Waals surface area contributed by atoms with Crippen LogP contribution in [0.15, 0.2) is 9.95 Å². The summed E-state index contributed by atoms with van der Waals surface area (Å²) in [7, 11) is 0. The summed E-state index contributed by atoms with van der Waals surface area (Å²) in [6.07, 6.45) is 8.82. The number of aromatic nitrogens is 2. The van der Waals surface area contributed by atoms with Gasteiger partial charge in [-0.25, -0.2) is 4.98 Å². The summed E-state index contributed by atoms with van der Waals surface area (Å²) in [5.74, 6) is 0.293. The van der Waals surface area contributed by atoms with Gasteiger partial charge in [0, 0.05) is 17.0 Å². The first kappa shape index (κ1) is 19.0. The monoisotopic (exact) mass is 405 g/mol. The lowest BCUT2D eigenvalue weighted by Crippen LogP contribution is -2.32. The predicted molar refractivity (Wildman–Crippen MR) is 112 cm³/mol. The zero-order chi connectivity index (χ0) is 19.0. The van der Waals surface area contributed by atoms with Crippen molar-refractivity contribution in [1.29, 1.82) is 0 Å². The smallest absolute Gasteiger partial charge is 0.263 e. The number of hydrogen-bond acceptors (Lipinski definition) is 5. The van der Waals surface area contributed by atoms with Crippen LogP contribution in [0.4, 0.5) is 0 Å². The van der Waals surface area contributed by atoms with Gasteiger partial charge >= 0.3 is 0 Å². The van der Waals surface area contributed by atoms with Crippen molar-refractivity contribution in [3.63, 3.8) is 0 Å². The second-order valence-corrected chi connectivity index (χ2v) is 9.94. The Morgan fingerprint density at radius 1 is 1.26 bits per heavy atom. The minimum absolute atomic E-state index is 0.00667. The van der Waals surface area contributed by atoms with Crippen molar-refractivity contribution in [2.45, 2.75) is 82.5 Å². The molecule has 0 saturated heterocycles. The van der Waals surface area contributed by atoms with E-state index in [9.17, 15) is 9.59 Å². The summed E-state index contributed by atoms with van der Waals surface area (Å²) in [4.78, 5) is 32.7. The molecule has 0 atom stereocenters. The van der Waals surface area contributed by atoms with Crippen molar-refractivity contribution < 1.29 is 4.79 Å². The van der Waals surface area contributed by atoms with Crippen molar-refractivity contribution in [2.75, 3.05) is 5.75 Å². The molecule has 0 aliphatic heterocycles. The molecule has 1 N–H and O–H groups in total. The maximum Gasteiger partial charge on any atom is 0.263 e. The Morgan fingerprint density at radius 2 is 2.00 bits per heavy atom. The number of hydrogen-bond donors (Lipinski definition) is 1. The van der Waals surface area contributed by atoms with Crippen molar-refractivity contribution in [3.8, 4) is 0 Å². The van der Waals surface area contributed by atoms with E-state index >= 15 is 0 Å². The Kier molecular flexibility index (Phi) is 5.60. The van der Waals surface area contributed by atoms with Gasteiger partial charge in [-0.1, -0.05) is 24.6 Å². The zero-order valence-electron chi connectivity index (χ0n) is 16.0. The first-order valence-electron chi connectivity index (χ1n) is 10.0. The van der Waals surface area contributed by atoms with Gasteiger partial charge in [0.2, 0.25) is 5.91 Å². The number of aryl methyl sites for hydroxylation is 2. The average Bonchev–Trinajstić information content (AvgIpc) is 3.26. The molecule has 7 heteroatoms. The summed E-state index contributed by atoms with van der Waals surface area (Å²) in [6.45, 7) is 3.91. The third kappa shape index (κ3) is 3.81. The Bertz CT molecular complexity index is 910. The fourth-order valence-electron chi connectivity index (χ4n) is 4.28. The highest BCUT2D eigenvalue weighted by atomic mass is 32.2. The van der Waals surface area contributed by atoms with E-state index in [0.717, 1.165) is 60.3 Å². The molecule has 2 aromatic rings. The topological polar surface area (TPSA) is 64.0 Å². The minimum Gasteiger partial charge on any atom is -0.353 e. The first-order chi connectivity index (χ1) is 13.0. The average molecular weight is 406 g/mol. The molecule has 0 spiro atoms. The third-order valence-corrected chi connectivity index (χ3v) is 7.60. The van der Waals surface area contributed by atoms with Gasteiger partial charge in [0.25, 0.3) is 5.56 Å². The molecule has 0 aromatic carbocycles. The summed E-state index contributed by atoms with van der Waals surface area (Å²) in [6, 6.07) is 0.346. The van der Waals surface area contributed by atoms with E-state index in [1.807, 2.05) is 18.4 Å². The maximum absolute atomic E-state index is 13.5. The van der Waals surface area contributed by atoms with Gasteiger partial charge in [-0.2, -0.15) is 0 Å². The molecule has 1 fully saturated rings. The molecular weight excluding hydrogens is 378 g/mol. The van der Waals surface area contributed by atoms with Crippen molar-refractivity contribution in [3.05, 3.63) is 20.8 Å². The van der Waals surface area contributed by atoms with Crippen LogP contribution in [0.25, 0.3) is 10.2 Å². The number of rotatable bonds is 5. The van der Waals surface area contributed by atoms with Crippen LogP contribution in [0.2, 0.25) is 0 Å². The molecule has 1 amide bonds. The highest BCUT2D eigenvalue weighted by Crippen LogP contribution is 2.37. The van der Waals surface area contributed by atoms with E-state index in [4.69, 9.17) is 4.98 Å². The number of nitrogens with one attached hydrogen (secondary N) is 1. The lowest BCUT2D eigenvalue weighted by Gasteiger charge is -2.18. The maximum atomic E-state index is 13.5. The fourth-order valence-corrected chi connectivity index (χ4v) is 6.46. The molecule has 146 valence electrons. The van der Waals surface area contributed by atoms with Gasteiger partial charge in [-0.05, 0) is 57.9 Å². The predicted octanol–water partition coefficient (Wildman–Crippen LogP) is 4.07. The van der Waals surface area contributed by atoms with E-state index in [0.29, 0.717) is 5.75 Å². The largest absolute Gasteiger partial charge is 0.353 e. The van der Waals surface area contributed by atoms with Gasteiger partial charge in [0.05, 0.1) is 11.1 Å². The molecule has 27 heavy (non-hydrogen) atoms. The van der Waals surface area contributed by atoms with Crippen LogP contribution in [-0.4, -0.2) is 27.3 Å². The van der Waals surface area contributed by atoms with Gasteiger partial charge in [0.15, 0.2) is 5.16 Å². The molecule has 1 saturated carbocycles. The van der Waals surface area contributed by atoms with Gasteiger partial charge in [-0.3, -0.25) is 14.2 Å². The normalized spacial score (nSPS) is 17.6. The Morgan fingerprint density at radius 3 is 2.74 bits per heavy atom. The molecule has 5 nitrogen and oxygen atoms in total. The van der Waals surface area contributed by atoms with Crippen LogP contribution >= 0.6 is 23.1 Å². The molecule has 2 heterocycles. The molecule has 2 aliphatic rings. The zero-order valence-corrected chi connectivity index (χ0v) is 17.7. The molecule has 0 radical (unpaired) electrons. The van der Waals surface area contributed by atoms with Gasteiger partial charge < -0.3 is 5.32 Å². The first-order valence-corrected chi connectivity index (χ1v) is 11.8. The van der Waals surface area contributed by atoms with Crippen LogP contribution in [0.5, 0.6) is 0 Å². The second-order valence-electron chi connectivity index (χ2n) is 7.91. The standard InChI is InChI=1S/C20H27N3O2S2/c1-12(2)21-16(24)11-26-20-22-18-17(14-9-5-6-10-15(14)27-18)19(25)23(20)13-7-3-4-8-13/h12-13H,3-11H2,1-2H3,(H,21,24). The minimum atomic E-state index is -0.00667. The SMILES string of the molecule is CC(C)NC(=O)CSc1nc2sc3c(c2c(=O)n1C1CCCC1)CCCC3. The lowest BCUT2D eigenvalue weighted by molar-refractivity contribution is -0.119. The van der Waals surface area contributed by atoms with Crippen LogP contribution < -0.4 is 10.9 Å². The molecule has 0 unspecified atom stereocenters. The third-order valence-electron chi connectivity index (χ3n) is 5.46. The summed E-state index contributed by atoms with van der Waals surface area (Å²) < 4.78 is 1.92. The number of carbonyl (C=O) groups is 1. The van der Waals surface area contributed by atoms with Gasteiger partial charge in [0.1, 0.15) is 4.83 Å². The van der Waals surface area contributed by atoms with Gasteiger partial charge in [-0.15, -0.1) is 11.3 Å². The summed E-state index contributed by atoms with van der Waals surface area (Å²) in [5.41, 5.74) is 1.37. The Labute approximate surface area is 167 Å². The summed E-state index contributed by atoms with van der Waals surface area (Å²) >= 11 is 3.09. The Hall–Kier alpha value is -1.34. The van der Waals surface area contributed by atoms with Crippen LogP contribution in [-0.2, 0) is 17.6 Å². The highest BCUT2D eigenvalue weighted by molar-refractivity contribution is 7.99. The quantitative estimate of drug-likeness (QED) is 0.602. The number of thiophene rings is 1. The molecule has 2 aliphatic carbocycles. The van der Waals surface area contributed by atoms with Crippen LogP contribution in [0, 0.1) is 0 Å². The van der Waals surface area contributed by atoms with Crippen molar-refractivity contribution in [1.82, 2.24) is 14.9 Å². The number of amides is 1. The van der Waals surface area contributed by atoms with Crippen LogP contribution in [0.1, 0.15) is 68.9 Å². The molecule has 2 aromatic heterocycles. The number of nitrogens with zero attached hydrogens (tertiary/aromatic N) is 2. The van der Waals surface area contributed by atoms with E-state index in [1.54, 1.807) is 11.3 Å². The van der Waals surface area contributed by atoms with Crippen molar-refractivity contribution in [2.24, 2.45) is 0 Å². The van der Waals surface area contributed by atoms with E-state index in [-0.39, 0.29) is 23.6 Å². The second kappa shape index (κ2) is 7.95. The Balaban J connectivity index is 1.75. The fraction of sp³-hybridized carbons (Fsp3) is 0.650. The lowest BCUT2D eigenvalue weighted by atomic mass is 9.97. The van der Waals surface area contributed by atoms with Crippen molar-refractivity contribution >= 4 is 39.2 Å². The molecular formula is C20H27N3O2S2.